The molecule has 0 aromatic carbocycles. The molecule has 3 aliphatic heterocycles. The van der Waals surface area contributed by atoms with E-state index in [0.29, 0.717) is 11.6 Å². The van der Waals surface area contributed by atoms with Crippen LogP contribution in [-0.2, 0) is 0 Å². The molecule has 3 fully saturated rings. The summed E-state index contributed by atoms with van der Waals surface area (Å²) >= 11 is 0. The van der Waals surface area contributed by atoms with Gasteiger partial charge in [-0.05, 0) is 36.5 Å². The molecule has 0 aliphatic carbocycles. The smallest absolute Gasteiger partial charge is 0.168 e. The monoisotopic (exact) mass is 231 g/mol. The molecule has 4 heteroatoms. The Kier molecular flexibility index (Phi) is 2.91. The number of hydrogen-bond acceptors (Lipinski definition) is 4. The van der Waals surface area contributed by atoms with Gasteiger partial charge in [0.05, 0.1) is 0 Å². The third-order valence-electron chi connectivity index (χ3n) is 4.00. The van der Waals surface area contributed by atoms with Crippen LogP contribution in [0.3, 0.4) is 0 Å². The maximum absolute atomic E-state index is 10.8. The van der Waals surface area contributed by atoms with Gasteiger partial charge in [-0.3, -0.25) is 15.2 Å². The van der Waals surface area contributed by atoms with Gasteiger partial charge in [0.15, 0.2) is 6.29 Å². The van der Waals surface area contributed by atoms with Crippen molar-refractivity contribution < 1.29 is 4.79 Å². The number of pyridine rings is 1. The van der Waals surface area contributed by atoms with Crippen LogP contribution in [0, 0.1) is 5.92 Å². The summed E-state index contributed by atoms with van der Waals surface area (Å²) in [6.45, 7) is 3.27. The minimum Gasteiger partial charge on any atom is -0.296 e. The van der Waals surface area contributed by atoms with E-state index in [1.807, 2.05) is 12.1 Å². The number of hydrazine groups is 1. The first-order valence-corrected chi connectivity index (χ1v) is 6.26. The average molecular weight is 231 g/mol. The highest BCUT2D eigenvalue weighted by atomic mass is 16.1. The lowest BCUT2D eigenvalue weighted by atomic mass is 9.81. The van der Waals surface area contributed by atoms with E-state index in [2.05, 4.69) is 15.4 Å². The standard InChI is InChI=1S/C13H17N3O/c17-9-12-7-11(1-4-14-12)13-8-15-16-5-2-10(13)3-6-16/h1,4,7,9-10,13,15H,2-3,5-6,8H2. The van der Waals surface area contributed by atoms with Gasteiger partial charge in [-0.15, -0.1) is 0 Å². The molecule has 2 bridgehead atoms. The van der Waals surface area contributed by atoms with Gasteiger partial charge in [0.25, 0.3) is 0 Å². The van der Waals surface area contributed by atoms with Gasteiger partial charge in [-0.2, -0.15) is 0 Å². The Labute approximate surface area is 101 Å². The molecule has 4 heterocycles. The van der Waals surface area contributed by atoms with Crippen molar-refractivity contribution in [2.75, 3.05) is 19.6 Å². The predicted octanol–water partition coefficient (Wildman–Crippen LogP) is 1.21. The van der Waals surface area contributed by atoms with E-state index in [0.717, 1.165) is 31.8 Å². The molecule has 3 aliphatic rings. The molecule has 1 unspecified atom stereocenters. The fourth-order valence-electron chi connectivity index (χ4n) is 3.00. The quantitative estimate of drug-likeness (QED) is 0.777. The first-order chi connectivity index (χ1) is 8.36. The van der Waals surface area contributed by atoms with Crippen LogP contribution in [0.15, 0.2) is 18.3 Å². The molecule has 17 heavy (non-hydrogen) atoms. The molecule has 1 N–H and O–H groups in total. The van der Waals surface area contributed by atoms with E-state index in [9.17, 15) is 4.79 Å². The number of carbonyl (C=O) groups excluding carboxylic acids is 1. The van der Waals surface area contributed by atoms with Crippen LogP contribution < -0.4 is 5.43 Å². The number of rotatable bonds is 2. The number of aldehydes is 1. The maximum Gasteiger partial charge on any atom is 0.168 e. The Hall–Kier alpha value is -1.26. The topological polar surface area (TPSA) is 45.2 Å². The van der Waals surface area contributed by atoms with Crippen molar-refractivity contribution in [3.63, 3.8) is 0 Å². The Balaban J connectivity index is 1.88. The average Bonchev–Trinajstić information content (AvgIpc) is 2.72. The molecular weight excluding hydrogens is 214 g/mol. The molecule has 0 saturated carbocycles. The summed E-state index contributed by atoms with van der Waals surface area (Å²) in [4.78, 5) is 14.8. The van der Waals surface area contributed by atoms with Gasteiger partial charge in [-0.1, -0.05) is 0 Å². The second kappa shape index (κ2) is 4.55. The summed E-state index contributed by atoms with van der Waals surface area (Å²) in [6.07, 6.45) is 5.07. The fourth-order valence-corrected chi connectivity index (χ4v) is 3.00. The normalized spacial score (nSPS) is 32.1. The molecule has 90 valence electrons. The van der Waals surface area contributed by atoms with Crippen molar-refractivity contribution in [2.45, 2.75) is 18.8 Å². The van der Waals surface area contributed by atoms with E-state index >= 15 is 0 Å². The van der Waals surface area contributed by atoms with Crippen molar-refractivity contribution in [3.8, 4) is 0 Å². The van der Waals surface area contributed by atoms with Crippen molar-refractivity contribution in [3.05, 3.63) is 29.6 Å². The van der Waals surface area contributed by atoms with Crippen LogP contribution in [0.2, 0.25) is 0 Å². The summed E-state index contributed by atoms with van der Waals surface area (Å²) in [5.41, 5.74) is 5.28. The molecule has 3 saturated heterocycles. The SMILES string of the molecule is O=Cc1cc(C2CNN3CCC2CC3)ccn1. The number of fused-ring (bicyclic) bond motifs is 4. The summed E-state index contributed by atoms with van der Waals surface area (Å²) < 4.78 is 0. The number of aromatic nitrogens is 1. The van der Waals surface area contributed by atoms with E-state index in [1.54, 1.807) is 6.20 Å². The highest BCUT2D eigenvalue weighted by molar-refractivity contribution is 5.71. The zero-order chi connectivity index (χ0) is 11.7. The highest BCUT2D eigenvalue weighted by Crippen LogP contribution is 2.34. The number of nitrogens with one attached hydrogen (secondary N) is 1. The highest BCUT2D eigenvalue weighted by Gasteiger charge is 2.31. The van der Waals surface area contributed by atoms with Gasteiger partial charge in [0.2, 0.25) is 0 Å². The van der Waals surface area contributed by atoms with E-state index in [1.165, 1.54) is 18.4 Å². The van der Waals surface area contributed by atoms with E-state index in [-0.39, 0.29) is 0 Å². The molecule has 4 nitrogen and oxygen atoms in total. The molecular formula is C13H17N3O. The second-order valence-corrected chi connectivity index (χ2v) is 4.93. The van der Waals surface area contributed by atoms with Crippen molar-refractivity contribution >= 4 is 6.29 Å². The zero-order valence-corrected chi connectivity index (χ0v) is 9.80. The predicted molar refractivity (Wildman–Crippen MR) is 64.7 cm³/mol. The molecule has 1 aromatic rings. The summed E-state index contributed by atoms with van der Waals surface area (Å²) in [7, 11) is 0. The van der Waals surface area contributed by atoms with Gasteiger partial charge < -0.3 is 0 Å². The van der Waals surface area contributed by atoms with Gasteiger partial charge in [-0.25, -0.2) is 5.01 Å². The summed E-state index contributed by atoms with van der Waals surface area (Å²) in [5.74, 6) is 1.26. The lowest BCUT2D eigenvalue weighted by Crippen LogP contribution is -2.39. The van der Waals surface area contributed by atoms with Gasteiger partial charge >= 0.3 is 0 Å². The number of piperidine rings is 1. The van der Waals surface area contributed by atoms with Crippen LogP contribution in [-0.4, -0.2) is 35.9 Å². The van der Waals surface area contributed by atoms with Crippen LogP contribution in [0.5, 0.6) is 0 Å². The van der Waals surface area contributed by atoms with E-state index in [4.69, 9.17) is 0 Å². The third-order valence-corrected chi connectivity index (χ3v) is 4.00. The minimum atomic E-state index is 0.518. The fraction of sp³-hybridized carbons (Fsp3) is 0.538. The second-order valence-electron chi connectivity index (χ2n) is 4.93. The zero-order valence-electron chi connectivity index (χ0n) is 9.80. The molecule has 0 radical (unpaired) electrons. The van der Waals surface area contributed by atoms with Crippen molar-refractivity contribution in [1.29, 1.82) is 0 Å². The number of carbonyl (C=O) groups is 1. The third kappa shape index (κ3) is 2.10. The summed E-state index contributed by atoms with van der Waals surface area (Å²) in [5, 5.41) is 2.32. The van der Waals surface area contributed by atoms with E-state index < -0.39 is 0 Å². The Morgan fingerprint density at radius 3 is 3.00 bits per heavy atom. The van der Waals surface area contributed by atoms with Crippen molar-refractivity contribution in [1.82, 2.24) is 15.4 Å². The Morgan fingerprint density at radius 2 is 2.24 bits per heavy atom. The Morgan fingerprint density at radius 1 is 1.41 bits per heavy atom. The van der Waals surface area contributed by atoms with Gasteiger partial charge in [0.1, 0.15) is 5.69 Å². The molecule has 1 aromatic heterocycles. The van der Waals surface area contributed by atoms with Crippen LogP contribution >= 0.6 is 0 Å². The Bertz CT molecular complexity index is 413. The first-order valence-electron chi connectivity index (χ1n) is 6.26. The lowest BCUT2D eigenvalue weighted by molar-refractivity contribution is 0.111. The van der Waals surface area contributed by atoms with Crippen molar-refractivity contribution in [2.24, 2.45) is 5.92 Å². The van der Waals surface area contributed by atoms with Gasteiger partial charge in [0, 0.05) is 31.7 Å². The number of nitrogens with zero attached hydrogens (tertiary/aromatic N) is 2. The van der Waals surface area contributed by atoms with Crippen LogP contribution in [0.4, 0.5) is 0 Å². The first kappa shape index (κ1) is 10.9. The summed E-state index contributed by atoms with van der Waals surface area (Å²) in [6, 6.07) is 3.99. The number of hydrogen-bond donors (Lipinski definition) is 1. The van der Waals surface area contributed by atoms with Crippen LogP contribution in [0.1, 0.15) is 34.8 Å². The van der Waals surface area contributed by atoms with Crippen LogP contribution in [0.25, 0.3) is 0 Å². The lowest BCUT2D eigenvalue weighted by Gasteiger charge is -2.28. The maximum atomic E-state index is 10.8. The molecule has 0 amide bonds. The minimum absolute atomic E-state index is 0.518. The molecule has 1 atom stereocenters. The molecule has 0 spiro atoms. The molecule has 4 rings (SSSR count). The largest absolute Gasteiger partial charge is 0.296 e.